The Morgan fingerprint density at radius 2 is 2.00 bits per heavy atom. The smallest absolute Gasteiger partial charge is 0.0594 e. The largest absolute Gasteiger partial charge is 0.390 e. The third-order valence-corrected chi connectivity index (χ3v) is 3.15. The molecule has 0 aliphatic rings. The highest BCUT2D eigenvalue weighted by Crippen LogP contribution is 2.23. The molecule has 0 bridgehead atoms. The van der Waals surface area contributed by atoms with Crippen LogP contribution in [0.15, 0.2) is 30.3 Å². The zero-order valence-corrected chi connectivity index (χ0v) is 11.3. The van der Waals surface area contributed by atoms with Crippen LogP contribution < -0.4 is 0 Å². The van der Waals surface area contributed by atoms with E-state index in [4.69, 9.17) is 0 Å². The molecule has 0 radical (unpaired) electrons. The van der Waals surface area contributed by atoms with Gasteiger partial charge in [0.15, 0.2) is 0 Å². The summed E-state index contributed by atoms with van der Waals surface area (Å²) in [5.74, 6) is 0. The highest BCUT2D eigenvalue weighted by molar-refractivity contribution is 5.90. The van der Waals surface area contributed by atoms with E-state index in [1.165, 1.54) is 22.2 Å². The molecule has 0 saturated carbocycles. The van der Waals surface area contributed by atoms with Gasteiger partial charge in [-0.3, -0.25) is 0 Å². The van der Waals surface area contributed by atoms with Gasteiger partial charge in [0.05, 0.1) is 5.60 Å². The topological polar surface area (TPSA) is 36.0 Å². The Morgan fingerprint density at radius 3 is 2.72 bits per heavy atom. The van der Waals surface area contributed by atoms with Crippen LogP contribution in [0.5, 0.6) is 0 Å². The normalized spacial score (nSPS) is 12.7. The summed E-state index contributed by atoms with van der Waals surface area (Å²) in [7, 11) is 0. The van der Waals surface area contributed by atoms with Crippen molar-refractivity contribution in [3.8, 4) is 0 Å². The number of hydrogen-bond acceptors (Lipinski definition) is 1. The Kier molecular flexibility index (Phi) is 3.58. The van der Waals surface area contributed by atoms with Gasteiger partial charge in [0, 0.05) is 22.2 Å². The predicted molar refractivity (Wildman–Crippen MR) is 77.6 cm³/mol. The van der Waals surface area contributed by atoms with E-state index in [1.807, 2.05) is 19.9 Å². The molecule has 1 heterocycles. The summed E-state index contributed by atoms with van der Waals surface area (Å²) >= 11 is 0. The van der Waals surface area contributed by atoms with Crippen LogP contribution >= 0.6 is 0 Å². The van der Waals surface area contributed by atoms with Gasteiger partial charge in [0.1, 0.15) is 0 Å². The van der Waals surface area contributed by atoms with Crippen LogP contribution in [0.3, 0.4) is 0 Å². The Bertz CT molecular complexity index is 558. The van der Waals surface area contributed by atoms with Crippen molar-refractivity contribution >= 4 is 17.0 Å². The van der Waals surface area contributed by atoms with Gasteiger partial charge in [-0.25, -0.2) is 0 Å². The number of aryl methyl sites for hydroxylation is 1. The maximum atomic E-state index is 9.66. The molecule has 0 saturated heterocycles. The molecule has 0 aliphatic heterocycles. The van der Waals surface area contributed by atoms with E-state index < -0.39 is 5.60 Å². The van der Waals surface area contributed by atoms with Crippen LogP contribution in [-0.4, -0.2) is 15.7 Å². The fourth-order valence-corrected chi connectivity index (χ4v) is 2.15. The number of benzene rings is 1. The van der Waals surface area contributed by atoms with Gasteiger partial charge in [-0.15, -0.1) is 0 Å². The summed E-state index contributed by atoms with van der Waals surface area (Å²) in [5.41, 5.74) is 3.04. The number of para-hydroxylation sites is 1. The minimum Gasteiger partial charge on any atom is -0.390 e. The van der Waals surface area contributed by atoms with Crippen molar-refractivity contribution in [2.75, 3.05) is 0 Å². The molecule has 1 aromatic carbocycles. The molecule has 2 aromatic rings. The Labute approximate surface area is 108 Å². The van der Waals surface area contributed by atoms with Crippen molar-refractivity contribution in [3.63, 3.8) is 0 Å². The Balaban J connectivity index is 2.16. The molecular formula is C16H21NO. The summed E-state index contributed by atoms with van der Waals surface area (Å²) in [4.78, 5) is 3.38. The first-order chi connectivity index (χ1) is 8.47. The first-order valence-corrected chi connectivity index (χ1v) is 6.43. The monoisotopic (exact) mass is 243 g/mol. The summed E-state index contributed by atoms with van der Waals surface area (Å²) in [6, 6.07) is 8.33. The number of aromatic amines is 1. The molecule has 0 spiro atoms. The minimum atomic E-state index is -0.584. The van der Waals surface area contributed by atoms with Crippen molar-refractivity contribution < 1.29 is 5.11 Å². The fourth-order valence-electron chi connectivity index (χ4n) is 2.15. The number of fused-ring (bicyclic) bond motifs is 1. The summed E-state index contributed by atoms with van der Waals surface area (Å²) in [6.45, 7) is 5.78. The SMILES string of the molecule is Cc1[nH]c2ccccc2c1/C=C/CCC(C)(C)O. The van der Waals surface area contributed by atoms with Crippen LogP contribution in [-0.2, 0) is 0 Å². The van der Waals surface area contributed by atoms with Crippen molar-refractivity contribution in [2.24, 2.45) is 0 Å². The molecule has 1 aromatic heterocycles. The van der Waals surface area contributed by atoms with Gasteiger partial charge in [-0.05, 0) is 39.7 Å². The van der Waals surface area contributed by atoms with Crippen LogP contribution in [0.25, 0.3) is 17.0 Å². The van der Waals surface area contributed by atoms with Crippen LogP contribution in [0.2, 0.25) is 0 Å². The molecular weight excluding hydrogens is 222 g/mol. The van der Waals surface area contributed by atoms with Gasteiger partial charge in [-0.1, -0.05) is 30.4 Å². The summed E-state index contributed by atoms with van der Waals surface area (Å²) < 4.78 is 0. The number of rotatable bonds is 4. The maximum Gasteiger partial charge on any atom is 0.0594 e. The van der Waals surface area contributed by atoms with E-state index in [2.05, 4.69) is 42.3 Å². The molecule has 96 valence electrons. The predicted octanol–water partition coefficient (Wildman–Crippen LogP) is 4.04. The molecule has 2 heteroatoms. The van der Waals surface area contributed by atoms with E-state index in [1.54, 1.807) is 0 Å². The second kappa shape index (κ2) is 4.99. The lowest BCUT2D eigenvalue weighted by molar-refractivity contribution is 0.0722. The molecule has 2 nitrogen and oxygen atoms in total. The molecule has 0 fully saturated rings. The quantitative estimate of drug-likeness (QED) is 0.835. The molecule has 2 N–H and O–H groups in total. The van der Waals surface area contributed by atoms with Crippen LogP contribution in [0.1, 0.15) is 37.9 Å². The van der Waals surface area contributed by atoms with Crippen molar-refractivity contribution in [1.82, 2.24) is 4.98 Å². The third-order valence-electron chi connectivity index (χ3n) is 3.15. The maximum absolute atomic E-state index is 9.66. The van der Waals surface area contributed by atoms with Crippen molar-refractivity contribution in [2.45, 2.75) is 39.2 Å². The molecule has 0 aliphatic carbocycles. The second-order valence-corrected chi connectivity index (χ2v) is 5.46. The molecule has 0 amide bonds. The molecule has 2 rings (SSSR count). The number of nitrogens with one attached hydrogen (secondary N) is 1. The molecule has 0 atom stereocenters. The zero-order valence-electron chi connectivity index (χ0n) is 11.3. The second-order valence-electron chi connectivity index (χ2n) is 5.46. The number of H-pyrrole nitrogens is 1. The van der Waals surface area contributed by atoms with E-state index in [0.717, 1.165) is 12.8 Å². The van der Waals surface area contributed by atoms with E-state index in [9.17, 15) is 5.11 Å². The lowest BCUT2D eigenvalue weighted by Gasteiger charge is -2.14. The average molecular weight is 243 g/mol. The van der Waals surface area contributed by atoms with Crippen LogP contribution in [0.4, 0.5) is 0 Å². The fraction of sp³-hybridized carbons (Fsp3) is 0.375. The number of allylic oxidation sites excluding steroid dienone is 1. The lowest BCUT2D eigenvalue weighted by atomic mass is 10.0. The minimum absolute atomic E-state index is 0.584. The van der Waals surface area contributed by atoms with Gasteiger partial charge in [0.25, 0.3) is 0 Å². The molecule has 18 heavy (non-hydrogen) atoms. The van der Waals surface area contributed by atoms with E-state index in [-0.39, 0.29) is 0 Å². The number of hydrogen-bond donors (Lipinski definition) is 2. The van der Waals surface area contributed by atoms with E-state index >= 15 is 0 Å². The lowest BCUT2D eigenvalue weighted by Crippen LogP contribution is -2.17. The highest BCUT2D eigenvalue weighted by Gasteiger charge is 2.10. The van der Waals surface area contributed by atoms with E-state index in [0.29, 0.717) is 0 Å². The highest BCUT2D eigenvalue weighted by atomic mass is 16.3. The summed E-state index contributed by atoms with van der Waals surface area (Å²) in [6.07, 6.45) is 5.97. The van der Waals surface area contributed by atoms with Crippen molar-refractivity contribution in [3.05, 3.63) is 41.6 Å². The number of aromatic nitrogens is 1. The van der Waals surface area contributed by atoms with Gasteiger partial charge < -0.3 is 10.1 Å². The number of aliphatic hydroxyl groups is 1. The van der Waals surface area contributed by atoms with Gasteiger partial charge in [-0.2, -0.15) is 0 Å². The van der Waals surface area contributed by atoms with Gasteiger partial charge >= 0.3 is 0 Å². The molecule has 0 unspecified atom stereocenters. The standard InChI is InChI=1S/C16H21NO/c1-12-13(8-6-7-11-16(2,3)18)14-9-4-5-10-15(14)17-12/h4-6,8-10,17-18H,7,11H2,1-3H3/b8-6+. The first-order valence-electron chi connectivity index (χ1n) is 6.43. The Hall–Kier alpha value is -1.54. The third kappa shape index (κ3) is 3.02. The van der Waals surface area contributed by atoms with Gasteiger partial charge in [0.2, 0.25) is 0 Å². The zero-order chi connectivity index (χ0) is 13.2. The van der Waals surface area contributed by atoms with Crippen LogP contribution in [0, 0.1) is 6.92 Å². The first kappa shape index (κ1) is 12.9. The Morgan fingerprint density at radius 1 is 1.28 bits per heavy atom. The van der Waals surface area contributed by atoms with Crippen molar-refractivity contribution in [1.29, 1.82) is 0 Å². The summed E-state index contributed by atoms with van der Waals surface area (Å²) in [5, 5.41) is 10.9. The average Bonchev–Trinajstić information content (AvgIpc) is 2.59.